The zero-order chi connectivity index (χ0) is 15.4. The van der Waals surface area contributed by atoms with E-state index in [1.165, 1.54) is 5.52 Å². The van der Waals surface area contributed by atoms with Crippen molar-refractivity contribution in [1.82, 2.24) is 19.4 Å². The van der Waals surface area contributed by atoms with Crippen LogP contribution in [0.3, 0.4) is 0 Å². The summed E-state index contributed by atoms with van der Waals surface area (Å²) in [5.41, 5.74) is 3.14. The van der Waals surface area contributed by atoms with Crippen molar-refractivity contribution in [2.75, 3.05) is 19.6 Å². The van der Waals surface area contributed by atoms with Crippen LogP contribution in [-0.2, 0) is 6.54 Å². The van der Waals surface area contributed by atoms with Crippen molar-refractivity contribution in [2.45, 2.75) is 20.4 Å². The first-order chi connectivity index (χ1) is 10.8. The summed E-state index contributed by atoms with van der Waals surface area (Å²) in [6.07, 6.45) is 1.82. The lowest BCUT2D eigenvalue weighted by Gasteiger charge is -2.19. The number of fused-ring (bicyclic) bond motifs is 1. The molecule has 3 rings (SSSR count). The van der Waals surface area contributed by atoms with E-state index in [2.05, 4.69) is 46.5 Å². The Morgan fingerprint density at radius 2 is 1.77 bits per heavy atom. The van der Waals surface area contributed by atoms with E-state index in [1.807, 2.05) is 30.5 Å². The molecule has 2 heterocycles. The molecule has 0 radical (unpaired) electrons. The van der Waals surface area contributed by atoms with E-state index in [-0.39, 0.29) is 0 Å². The van der Waals surface area contributed by atoms with Gasteiger partial charge >= 0.3 is 0 Å². The van der Waals surface area contributed by atoms with Gasteiger partial charge in [0.2, 0.25) is 0 Å². The summed E-state index contributed by atoms with van der Waals surface area (Å²) < 4.78 is 2.29. The maximum atomic E-state index is 4.79. The molecule has 0 fully saturated rings. The topological polar surface area (TPSA) is 34.0 Å². The van der Waals surface area contributed by atoms with E-state index in [0.29, 0.717) is 0 Å². The number of para-hydroxylation sites is 2. The zero-order valence-corrected chi connectivity index (χ0v) is 13.2. The Labute approximate surface area is 131 Å². The zero-order valence-electron chi connectivity index (χ0n) is 13.2. The van der Waals surface area contributed by atoms with Crippen molar-refractivity contribution >= 4 is 11.0 Å². The molecule has 114 valence electrons. The van der Waals surface area contributed by atoms with E-state index < -0.39 is 0 Å². The van der Waals surface area contributed by atoms with Crippen LogP contribution in [0.5, 0.6) is 0 Å². The highest BCUT2D eigenvalue weighted by atomic mass is 15.2. The number of imidazole rings is 1. The van der Waals surface area contributed by atoms with Gasteiger partial charge in [-0.1, -0.05) is 32.0 Å². The minimum atomic E-state index is 0.925. The number of nitrogens with zero attached hydrogens (tertiary/aromatic N) is 4. The molecule has 0 N–H and O–H groups in total. The predicted octanol–water partition coefficient (Wildman–Crippen LogP) is 3.44. The van der Waals surface area contributed by atoms with Gasteiger partial charge in [-0.3, -0.25) is 4.98 Å². The molecule has 0 bridgehead atoms. The first-order valence-corrected chi connectivity index (χ1v) is 7.92. The molecule has 0 aliphatic carbocycles. The summed E-state index contributed by atoms with van der Waals surface area (Å²) in [4.78, 5) is 11.7. The molecule has 0 unspecified atom stereocenters. The third-order valence-corrected chi connectivity index (χ3v) is 4.08. The fraction of sp³-hybridized carbons (Fsp3) is 0.333. The summed E-state index contributed by atoms with van der Waals surface area (Å²) in [6.45, 7) is 8.50. The second-order valence-electron chi connectivity index (χ2n) is 5.32. The van der Waals surface area contributed by atoms with Gasteiger partial charge < -0.3 is 9.47 Å². The fourth-order valence-corrected chi connectivity index (χ4v) is 2.77. The van der Waals surface area contributed by atoms with Gasteiger partial charge in [0.05, 0.1) is 11.0 Å². The number of likely N-dealkylation sites (N-methyl/N-ethyl adjacent to an activating group) is 1. The van der Waals surface area contributed by atoms with Gasteiger partial charge in [0.1, 0.15) is 5.69 Å². The average Bonchev–Trinajstić information content (AvgIpc) is 2.95. The number of pyridine rings is 1. The van der Waals surface area contributed by atoms with Crippen molar-refractivity contribution in [3.05, 3.63) is 48.7 Å². The lowest BCUT2D eigenvalue weighted by molar-refractivity contribution is 0.292. The van der Waals surface area contributed by atoms with Crippen LogP contribution in [0.4, 0.5) is 0 Å². The summed E-state index contributed by atoms with van der Waals surface area (Å²) in [5, 5.41) is 0. The van der Waals surface area contributed by atoms with Crippen molar-refractivity contribution in [2.24, 2.45) is 0 Å². The molecule has 4 nitrogen and oxygen atoms in total. The van der Waals surface area contributed by atoms with Crippen LogP contribution >= 0.6 is 0 Å². The molecule has 0 aliphatic heterocycles. The number of rotatable bonds is 6. The minimum Gasteiger partial charge on any atom is -0.321 e. The van der Waals surface area contributed by atoms with Gasteiger partial charge in [0.15, 0.2) is 5.82 Å². The van der Waals surface area contributed by atoms with Gasteiger partial charge in [-0.15, -0.1) is 0 Å². The standard InChI is InChI=1S/C18H22N4/c1-3-21(4-2)13-14-22-17-11-6-5-9-15(17)20-18(22)16-10-7-8-12-19-16/h5-12H,3-4,13-14H2,1-2H3. The molecule has 0 aliphatic rings. The average molecular weight is 294 g/mol. The third kappa shape index (κ3) is 2.88. The van der Waals surface area contributed by atoms with Crippen LogP contribution in [0.1, 0.15) is 13.8 Å². The van der Waals surface area contributed by atoms with Gasteiger partial charge in [0, 0.05) is 19.3 Å². The van der Waals surface area contributed by atoms with Crippen molar-refractivity contribution in [3.8, 4) is 11.5 Å². The highest BCUT2D eigenvalue weighted by Gasteiger charge is 2.13. The van der Waals surface area contributed by atoms with E-state index in [0.717, 1.165) is 43.2 Å². The number of benzene rings is 1. The molecule has 0 saturated carbocycles. The van der Waals surface area contributed by atoms with Crippen molar-refractivity contribution < 1.29 is 0 Å². The van der Waals surface area contributed by atoms with E-state index in [9.17, 15) is 0 Å². The third-order valence-electron chi connectivity index (χ3n) is 4.08. The maximum Gasteiger partial charge on any atom is 0.159 e. The van der Waals surface area contributed by atoms with Crippen LogP contribution in [0.2, 0.25) is 0 Å². The van der Waals surface area contributed by atoms with Gasteiger partial charge in [-0.05, 0) is 37.4 Å². The molecule has 0 atom stereocenters. The molecule has 0 spiro atoms. The maximum absolute atomic E-state index is 4.79. The quantitative estimate of drug-likeness (QED) is 0.698. The molecule has 2 aromatic heterocycles. The van der Waals surface area contributed by atoms with Gasteiger partial charge in [0.25, 0.3) is 0 Å². The lowest BCUT2D eigenvalue weighted by Crippen LogP contribution is -2.27. The number of aromatic nitrogens is 3. The van der Waals surface area contributed by atoms with E-state index in [1.54, 1.807) is 0 Å². The summed E-state index contributed by atoms with van der Waals surface area (Å²) >= 11 is 0. The highest BCUT2D eigenvalue weighted by Crippen LogP contribution is 2.23. The molecule has 3 aromatic rings. The lowest BCUT2D eigenvalue weighted by atomic mass is 10.3. The van der Waals surface area contributed by atoms with Crippen LogP contribution in [0, 0.1) is 0 Å². The molecule has 0 amide bonds. The Bertz CT molecular complexity index is 729. The molecule has 1 aromatic carbocycles. The van der Waals surface area contributed by atoms with Gasteiger partial charge in [-0.2, -0.15) is 0 Å². The normalized spacial score (nSPS) is 11.4. The van der Waals surface area contributed by atoms with Crippen LogP contribution < -0.4 is 0 Å². The Hall–Kier alpha value is -2.20. The Morgan fingerprint density at radius 1 is 1.00 bits per heavy atom. The van der Waals surface area contributed by atoms with Gasteiger partial charge in [-0.25, -0.2) is 4.98 Å². The highest BCUT2D eigenvalue weighted by molar-refractivity contribution is 5.79. The van der Waals surface area contributed by atoms with Crippen LogP contribution in [0.15, 0.2) is 48.7 Å². The summed E-state index contributed by atoms with van der Waals surface area (Å²) in [5.74, 6) is 0.953. The van der Waals surface area contributed by atoms with Crippen molar-refractivity contribution in [3.63, 3.8) is 0 Å². The summed E-state index contributed by atoms with van der Waals surface area (Å²) in [6, 6.07) is 14.3. The summed E-state index contributed by atoms with van der Waals surface area (Å²) in [7, 11) is 0. The molecular weight excluding hydrogens is 272 g/mol. The molecular formula is C18H22N4. The smallest absolute Gasteiger partial charge is 0.159 e. The largest absolute Gasteiger partial charge is 0.321 e. The second kappa shape index (κ2) is 6.71. The van der Waals surface area contributed by atoms with Crippen LogP contribution in [0.25, 0.3) is 22.6 Å². The van der Waals surface area contributed by atoms with Crippen molar-refractivity contribution in [1.29, 1.82) is 0 Å². The predicted molar refractivity (Wildman–Crippen MR) is 90.8 cm³/mol. The molecule has 22 heavy (non-hydrogen) atoms. The van der Waals surface area contributed by atoms with Crippen LogP contribution in [-0.4, -0.2) is 39.1 Å². The second-order valence-corrected chi connectivity index (χ2v) is 5.32. The van der Waals surface area contributed by atoms with E-state index >= 15 is 0 Å². The molecule has 4 heteroatoms. The van der Waals surface area contributed by atoms with E-state index in [4.69, 9.17) is 4.98 Å². The monoisotopic (exact) mass is 294 g/mol. The fourth-order valence-electron chi connectivity index (χ4n) is 2.77. The number of hydrogen-bond donors (Lipinski definition) is 0. The first kappa shape index (κ1) is 14.7. The Balaban J connectivity index is 2.02. The minimum absolute atomic E-state index is 0.925. The Kier molecular flexibility index (Phi) is 4.49. The Morgan fingerprint density at radius 3 is 2.50 bits per heavy atom. The first-order valence-electron chi connectivity index (χ1n) is 7.92. The number of hydrogen-bond acceptors (Lipinski definition) is 3. The molecule has 0 saturated heterocycles. The SMILES string of the molecule is CCN(CC)CCn1c(-c2ccccn2)nc2ccccc21.